The number of rotatable bonds is 8. The summed E-state index contributed by atoms with van der Waals surface area (Å²) in [6.45, 7) is 9.01. The van der Waals surface area contributed by atoms with Crippen LogP contribution < -0.4 is 18.8 Å². The fourth-order valence-corrected chi connectivity index (χ4v) is 21.1. The van der Waals surface area contributed by atoms with Crippen molar-refractivity contribution in [3.05, 3.63) is 71.8 Å². The SMILES string of the molecule is CC(Cc1cc(-c2ccccc2)cc(-n2nc3ccc(C#N)cc3n2)c1O)C[I-](C)(C)O[Si](C)(C)C. The first-order valence-electron chi connectivity index (χ1n) is 12.0. The third kappa shape index (κ3) is 6.33. The molecule has 3 aromatic carbocycles. The van der Waals surface area contributed by atoms with Crippen LogP contribution in [0.5, 0.6) is 5.75 Å². The molecule has 0 amide bonds. The summed E-state index contributed by atoms with van der Waals surface area (Å²) in [5.74, 6) is 0.554. The maximum atomic E-state index is 11.4. The van der Waals surface area contributed by atoms with Crippen LogP contribution in [0.15, 0.2) is 60.7 Å². The van der Waals surface area contributed by atoms with Gasteiger partial charge in [0, 0.05) is 0 Å². The maximum absolute atomic E-state index is 11.4. The molecule has 190 valence electrons. The standard InChI is InChI=1S/C28H34IN4O2Si/c1-20(18-29(2,3)35-36(4,5)6)14-24-16-23(22-10-8-7-9-11-22)17-27(28(24)34)33-31-25-13-12-21(19-30)15-26(25)32-33/h7-13,15-17,20,34H,14,18H2,1-6H3/q-1. The van der Waals surface area contributed by atoms with Crippen molar-refractivity contribution in [2.24, 2.45) is 5.92 Å². The van der Waals surface area contributed by atoms with Crippen molar-refractivity contribution in [2.45, 2.75) is 33.0 Å². The average molecular weight is 614 g/mol. The Morgan fingerprint density at radius 3 is 2.36 bits per heavy atom. The molecule has 1 unspecified atom stereocenters. The van der Waals surface area contributed by atoms with Crippen LogP contribution in [0.4, 0.5) is 0 Å². The normalized spacial score (nSPS) is 13.5. The van der Waals surface area contributed by atoms with E-state index in [0.717, 1.165) is 27.5 Å². The third-order valence-corrected chi connectivity index (χ3v) is 17.7. The zero-order valence-electron chi connectivity index (χ0n) is 21.8. The first-order chi connectivity index (χ1) is 16.9. The summed E-state index contributed by atoms with van der Waals surface area (Å²) in [5.41, 5.74) is 5.30. The van der Waals surface area contributed by atoms with Crippen molar-refractivity contribution in [2.75, 3.05) is 14.3 Å². The van der Waals surface area contributed by atoms with Gasteiger partial charge in [-0.05, 0) is 0 Å². The number of nitrogens with zero attached hydrogens (tertiary/aromatic N) is 4. The van der Waals surface area contributed by atoms with Gasteiger partial charge >= 0.3 is 215 Å². The summed E-state index contributed by atoms with van der Waals surface area (Å²) in [5, 5.41) is 29.9. The van der Waals surface area contributed by atoms with Crippen molar-refractivity contribution in [3.8, 4) is 28.6 Å². The number of fused-ring (bicyclic) bond motifs is 1. The Morgan fingerprint density at radius 2 is 1.69 bits per heavy atom. The number of aromatic nitrogens is 3. The van der Waals surface area contributed by atoms with E-state index in [1.165, 1.54) is 4.80 Å². The molecule has 0 aliphatic heterocycles. The number of aromatic hydroxyl groups is 1. The van der Waals surface area contributed by atoms with Gasteiger partial charge in [0.1, 0.15) is 0 Å². The van der Waals surface area contributed by atoms with Crippen molar-refractivity contribution < 1.29 is 26.7 Å². The Labute approximate surface area is 219 Å². The molecule has 1 heterocycles. The molecule has 0 aliphatic carbocycles. The molecule has 1 N–H and O–H groups in total. The summed E-state index contributed by atoms with van der Waals surface area (Å²) < 4.78 is 7.67. The number of phenols is 1. The number of phenolic OH excluding ortho intramolecular Hbond substituents is 1. The topological polar surface area (TPSA) is 84.0 Å². The molecule has 36 heavy (non-hydrogen) atoms. The predicted octanol–water partition coefficient (Wildman–Crippen LogP) is 3.03. The zero-order chi connectivity index (χ0) is 26.1. The minimum absolute atomic E-state index is 0.192. The quantitative estimate of drug-likeness (QED) is 0.188. The van der Waals surface area contributed by atoms with Gasteiger partial charge in [-0.1, -0.05) is 0 Å². The van der Waals surface area contributed by atoms with Gasteiger partial charge in [-0.2, -0.15) is 5.26 Å². The molecule has 8 heteroatoms. The zero-order valence-corrected chi connectivity index (χ0v) is 24.9. The second-order valence-electron chi connectivity index (χ2n) is 10.7. The molecule has 0 bridgehead atoms. The van der Waals surface area contributed by atoms with E-state index < -0.39 is 27.2 Å². The molecule has 1 aromatic heterocycles. The van der Waals surface area contributed by atoms with Crippen molar-refractivity contribution in [1.29, 1.82) is 5.26 Å². The van der Waals surface area contributed by atoms with Gasteiger partial charge in [-0.3, -0.25) is 0 Å². The fraction of sp³-hybridized carbons (Fsp3) is 0.321. The second-order valence-corrected chi connectivity index (χ2v) is 24.8. The Morgan fingerprint density at radius 1 is 1.00 bits per heavy atom. The van der Waals surface area contributed by atoms with Gasteiger partial charge in [0.15, 0.2) is 0 Å². The number of benzene rings is 3. The van der Waals surface area contributed by atoms with Gasteiger partial charge < -0.3 is 0 Å². The Balaban J connectivity index is 1.74. The van der Waals surface area contributed by atoms with E-state index in [2.05, 4.69) is 70.9 Å². The molecule has 4 rings (SSSR count). The van der Waals surface area contributed by atoms with Gasteiger partial charge in [0.05, 0.1) is 0 Å². The van der Waals surface area contributed by atoms with Crippen LogP contribution >= 0.6 is 0 Å². The number of hydrogen-bond donors (Lipinski definition) is 1. The van der Waals surface area contributed by atoms with Crippen LogP contribution in [0.1, 0.15) is 18.1 Å². The minimum atomic E-state index is -2.31. The number of hydrogen-bond acceptors (Lipinski definition) is 5. The van der Waals surface area contributed by atoms with Gasteiger partial charge in [-0.25, -0.2) is 0 Å². The number of alkyl halides is 3. The molecule has 0 fully saturated rings. The summed E-state index contributed by atoms with van der Waals surface area (Å²) in [6.07, 6.45) is 0.737. The summed E-state index contributed by atoms with van der Waals surface area (Å²) in [6, 6.07) is 21.5. The molecule has 0 spiro atoms. The van der Waals surface area contributed by atoms with E-state index >= 15 is 0 Å². The van der Waals surface area contributed by atoms with Crippen LogP contribution in [-0.4, -0.2) is 42.7 Å². The van der Waals surface area contributed by atoms with Crippen LogP contribution in [0.2, 0.25) is 19.6 Å². The van der Waals surface area contributed by atoms with Gasteiger partial charge in [0.25, 0.3) is 0 Å². The molecule has 4 aromatic rings. The van der Waals surface area contributed by atoms with E-state index in [-0.39, 0.29) is 5.75 Å². The Kier molecular flexibility index (Phi) is 7.55. The summed E-state index contributed by atoms with van der Waals surface area (Å²) in [7, 11) is -1.60. The van der Waals surface area contributed by atoms with Crippen molar-refractivity contribution in [1.82, 2.24) is 15.0 Å². The molecule has 0 aliphatic rings. The van der Waals surface area contributed by atoms with Gasteiger partial charge in [0.2, 0.25) is 0 Å². The van der Waals surface area contributed by atoms with E-state index in [1.807, 2.05) is 24.3 Å². The first-order valence-corrected chi connectivity index (χ1v) is 22.1. The molecule has 6 nitrogen and oxygen atoms in total. The van der Waals surface area contributed by atoms with E-state index in [0.29, 0.717) is 28.2 Å². The fourth-order valence-electron chi connectivity index (χ4n) is 4.60. The Bertz CT molecular complexity index is 1420. The summed E-state index contributed by atoms with van der Waals surface area (Å²) in [4.78, 5) is 6.15. The first kappa shape index (κ1) is 26.3. The molecule has 1 atom stereocenters. The molecule has 0 saturated carbocycles. The van der Waals surface area contributed by atoms with Crippen LogP contribution in [0, 0.1) is 17.2 Å². The van der Waals surface area contributed by atoms with Crippen LogP contribution in [0.25, 0.3) is 27.8 Å². The van der Waals surface area contributed by atoms with E-state index in [9.17, 15) is 10.4 Å². The number of nitriles is 1. The van der Waals surface area contributed by atoms with E-state index in [4.69, 9.17) is 2.76 Å². The number of halogens is 1. The van der Waals surface area contributed by atoms with Gasteiger partial charge in [-0.15, -0.1) is 0 Å². The molecular weight excluding hydrogens is 579 g/mol. The van der Waals surface area contributed by atoms with Crippen LogP contribution in [0.3, 0.4) is 0 Å². The van der Waals surface area contributed by atoms with Crippen molar-refractivity contribution >= 4 is 19.4 Å². The Hall–Kier alpha value is -2.74. The predicted molar refractivity (Wildman–Crippen MR) is 145 cm³/mol. The van der Waals surface area contributed by atoms with Crippen LogP contribution in [-0.2, 0) is 9.18 Å². The summed E-state index contributed by atoms with van der Waals surface area (Å²) >= 11 is -2.31. The molecular formula is C28H34IN4O2Si-. The van der Waals surface area contributed by atoms with E-state index in [1.54, 1.807) is 18.2 Å². The monoisotopic (exact) mass is 613 g/mol. The molecule has 0 saturated heterocycles. The average Bonchev–Trinajstić information content (AvgIpc) is 3.21. The molecule has 0 radical (unpaired) electrons. The second kappa shape index (κ2) is 10.3. The van der Waals surface area contributed by atoms with Crippen molar-refractivity contribution in [3.63, 3.8) is 0 Å². The third-order valence-electron chi connectivity index (χ3n) is 5.64.